The fourth-order valence-corrected chi connectivity index (χ4v) is 2.10. The van der Waals surface area contributed by atoms with Crippen molar-refractivity contribution in [1.82, 2.24) is 5.32 Å². The summed E-state index contributed by atoms with van der Waals surface area (Å²) in [6.07, 6.45) is 9.34. The van der Waals surface area contributed by atoms with Crippen LogP contribution >= 0.6 is 0 Å². The van der Waals surface area contributed by atoms with Gasteiger partial charge in [0, 0.05) is 11.4 Å². The molecule has 1 nitrogen and oxygen atoms in total. The maximum Gasteiger partial charge on any atom is 0.0373 e. The summed E-state index contributed by atoms with van der Waals surface area (Å²) in [5, 5.41) is 3.49. The summed E-state index contributed by atoms with van der Waals surface area (Å²) in [5.41, 5.74) is 5.91. The zero-order valence-electron chi connectivity index (χ0n) is 8.48. The Balaban J connectivity index is 2.22. The normalized spacial score (nSPS) is 21.7. The minimum Gasteiger partial charge on any atom is -0.359 e. The molecule has 0 aromatic heterocycles. The number of nitrogens with one attached hydrogen (secondary N) is 1. The molecule has 70 valence electrons. The van der Waals surface area contributed by atoms with Gasteiger partial charge in [-0.15, -0.1) is 0 Å². The second kappa shape index (κ2) is 3.41. The summed E-state index contributed by atoms with van der Waals surface area (Å²) in [6.45, 7) is 4.43. The van der Waals surface area contributed by atoms with Crippen LogP contribution in [0.5, 0.6) is 0 Å². The van der Waals surface area contributed by atoms with Crippen molar-refractivity contribution < 1.29 is 0 Å². The Labute approximate surface area is 80.2 Å². The summed E-state index contributed by atoms with van der Waals surface area (Å²) in [6, 6.07) is 0. The van der Waals surface area contributed by atoms with Crippen molar-refractivity contribution in [2.45, 2.75) is 39.5 Å². The van der Waals surface area contributed by atoms with E-state index in [1.807, 2.05) is 0 Å². The average Bonchev–Trinajstić information content (AvgIpc) is 2.17. The third-order valence-electron chi connectivity index (χ3n) is 2.98. The van der Waals surface area contributed by atoms with Crippen LogP contribution in [0.15, 0.2) is 34.7 Å². The first-order valence-electron chi connectivity index (χ1n) is 5.15. The van der Waals surface area contributed by atoms with Gasteiger partial charge in [0.25, 0.3) is 0 Å². The topological polar surface area (TPSA) is 12.0 Å². The van der Waals surface area contributed by atoms with E-state index >= 15 is 0 Å². The van der Waals surface area contributed by atoms with Crippen molar-refractivity contribution in [3.63, 3.8) is 0 Å². The molecule has 0 saturated heterocycles. The maximum absolute atomic E-state index is 3.49. The van der Waals surface area contributed by atoms with Crippen LogP contribution in [0.25, 0.3) is 0 Å². The zero-order valence-corrected chi connectivity index (χ0v) is 8.48. The molecule has 0 saturated carbocycles. The molecule has 1 N–H and O–H groups in total. The lowest BCUT2D eigenvalue weighted by atomic mass is 9.90. The van der Waals surface area contributed by atoms with E-state index in [1.54, 1.807) is 11.1 Å². The largest absolute Gasteiger partial charge is 0.359 e. The first-order chi connectivity index (χ1) is 6.31. The number of rotatable bonds is 1. The van der Waals surface area contributed by atoms with Crippen molar-refractivity contribution in [3.05, 3.63) is 34.7 Å². The van der Waals surface area contributed by atoms with Crippen molar-refractivity contribution in [3.8, 4) is 0 Å². The molecule has 2 rings (SSSR count). The quantitative estimate of drug-likeness (QED) is 0.645. The maximum atomic E-state index is 3.49. The van der Waals surface area contributed by atoms with Gasteiger partial charge in [-0.2, -0.15) is 0 Å². The Kier molecular flexibility index (Phi) is 2.26. The lowest BCUT2D eigenvalue weighted by Crippen LogP contribution is -2.20. The van der Waals surface area contributed by atoms with E-state index in [4.69, 9.17) is 0 Å². The van der Waals surface area contributed by atoms with Crippen LogP contribution in [0, 0.1) is 0 Å². The van der Waals surface area contributed by atoms with Gasteiger partial charge in [-0.1, -0.05) is 13.0 Å². The number of dihydropyridines is 1. The summed E-state index contributed by atoms with van der Waals surface area (Å²) >= 11 is 0. The monoisotopic (exact) mass is 175 g/mol. The van der Waals surface area contributed by atoms with Gasteiger partial charge < -0.3 is 5.32 Å². The van der Waals surface area contributed by atoms with E-state index in [0.717, 1.165) is 0 Å². The molecule has 0 radical (unpaired) electrons. The highest BCUT2D eigenvalue weighted by Gasteiger charge is 2.16. The minimum atomic E-state index is 1.18. The lowest BCUT2D eigenvalue weighted by Gasteiger charge is -2.26. The minimum absolute atomic E-state index is 1.18. The van der Waals surface area contributed by atoms with Crippen LogP contribution in [0.2, 0.25) is 0 Å². The van der Waals surface area contributed by atoms with Gasteiger partial charge in [-0.25, -0.2) is 0 Å². The molecule has 0 atom stereocenters. The Morgan fingerprint density at radius 3 is 3.08 bits per heavy atom. The Hall–Kier alpha value is -0.980. The van der Waals surface area contributed by atoms with Crippen LogP contribution in [0.4, 0.5) is 0 Å². The van der Waals surface area contributed by atoms with Crippen LogP contribution in [0.1, 0.15) is 39.5 Å². The smallest absolute Gasteiger partial charge is 0.0373 e. The van der Waals surface area contributed by atoms with E-state index in [-0.39, 0.29) is 0 Å². The van der Waals surface area contributed by atoms with Gasteiger partial charge >= 0.3 is 0 Å². The van der Waals surface area contributed by atoms with Gasteiger partial charge in [0.1, 0.15) is 0 Å². The second-order valence-corrected chi connectivity index (χ2v) is 3.84. The SMILES string of the molecule is CCC1=C(C)NC2=C(CCC=C2)C1. The Bertz CT molecular complexity index is 305. The predicted octanol–water partition coefficient (Wildman–Crippen LogP) is 3.27. The average molecular weight is 175 g/mol. The molecule has 0 fully saturated rings. The van der Waals surface area contributed by atoms with Crippen LogP contribution in [-0.4, -0.2) is 0 Å². The first-order valence-corrected chi connectivity index (χ1v) is 5.15. The van der Waals surface area contributed by atoms with E-state index in [9.17, 15) is 0 Å². The summed E-state index contributed by atoms with van der Waals surface area (Å²) < 4.78 is 0. The highest BCUT2D eigenvalue weighted by Crippen LogP contribution is 2.30. The Morgan fingerprint density at radius 2 is 2.31 bits per heavy atom. The predicted molar refractivity (Wildman–Crippen MR) is 56.1 cm³/mol. The summed E-state index contributed by atoms with van der Waals surface area (Å²) in [5.74, 6) is 0. The molecule has 0 bridgehead atoms. The van der Waals surface area contributed by atoms with Crippen molar-refractivity contribution in [1.29, 1.82) is 0 Å². The fourth-order valence-electron chi connectivity index (χ4n) is 2.10. The molecule has 1 heterocycles. The third kappa shape index (κ3) is 1.55. The van der Waals surface area contributed by atoms with Crippen molar-refractivity contribution >= 4 is 0 Å². The van der Waals surface area contributed by atoms with Crippen LogP contribution in [-0.2, 0) is 0 Å². The van der Waals surface area contributed by atoms with E-state index in [0.29, 0.717) is 0 Å². The molecule has 2 aliphatic rings. The molecule has 0 unspecified atom stereocenters. The molecule has 0 amide bonds. The van der Waals surface area contributed by atoms with Gasteiger partial charge in [-0.3, -0.25) is 0 Å². The molecular formula is C12H17N. The highest BCUT2D eigenvalue weighted by molar-refractivity contribution is 5.38. The molecule has 0 aromatic rings. The summed E-state index contributed by atoms with van der Waals surface area (Å²) in [4.78, 5) is 0. The number of allylic oxidation sites excluding steroid dienone is 5. The van der Waals surface area contributed by atoms with Crippen molar-refractivity contribution in [2.75, 3.05) is 0 Å². The van der Waals surface area contributed by atoms with E-state index in [2.05, 4.69) is 31.3 Å². The van der Waals surface area contributed by atoms with E-state index < -0.39 is 0 Å². The molecule has 0 spiro atoms. The lowest BCUT2D eigenvalue weighted by molar-refractivity contribution is 0.766. The van der Waals surface area contributed by atoms with Gasteiger partial charge in [-0.05, 0) is 49.8 Å². The molecular weight excluding hydrogens is 158 g/mol. The number of hydrogen-bond donors (Lipinski definition) is 1. The summed E-state index contributed by atoms with van der Waals surface area (Å²) in [7, 11) is 0. The van der Waals surface area contributed by atoms with Gasteiger partial charge in [0.15, 0.2) is 0 Å². The molecule has 13 heavy (non-hydrogen) atoms. The second-order valence-electron chi connectivity index (χ2n) is 3.84. The standard InChI is InChI=1S/C12H17N/c1-3-10-8-11-6-4-5-7-12(11)13-9(10)2/h5,7,13H,3-4,6,8H2,1-2H3. The van der Waals surface area contributed by atoms with Crippen LogP contribution < -0.4 is 5.32 Å². The Morgan fingerprint density at radius 1 is 1.46 bits per heavy atom. The zero-order chi connectivity index (χ0) is 9.26. The van der Waals surface area contributed by atoms with Crippen molar-refractivity contribution in [2.24, 2.45) is 0 Å². The highest BCUT2D eigenvalue weighted by atomic mass is 14.9. The van der Waals surface area contributed by atoms with E-state index in [1.165, 1.54) is 37.1 Å². The molecule has 0 aromatic carbocycles. The van der Waals surface area contributed by atoms with Gasteiger partial charge in [0.2, 0.25) is 0 Å². The first kappa shape index (κ1) is 8.61. The number of hydrogen-bond acceptors (Lipinski definition) is 1. The molecule has 1 aliphatic heterocycles. The third-order valence-corrected chi connectivity index (χ3v) is 2.98. The molecule has 1 aliphatic carbocycles. The van der Waals surface area contributed by atoms with Crippen LogP contribution in [0.3, 0.4) is 0 Å². The fraction of sp³-hybridized carbons (Fsp3) is 0.500. The van der Waals surface area contributed by atoms with Gasteiger partial charge in [0.05, 0.1) is 0 Å². The molecule has 1 heteroatoms.